The van der Waals surface area contributed by atoms with E-state index in [0.29, 0.717) is 12.0 Å². The van der Waals surface area contributed by atoms with Crippen LogP contribution in [-0.2, 0) is 4.74 Å². The van der Waals surface area contributed by atoms with Gasteiger partial charge in [-0.15, -0.1) is 0 Å². The molecule has 0 radical (unpaired) electrons. The molecule has 3 rings (SSSR count). The van der Waals surface area contributed by atoms with Gasteiger partial charge in [0.25, 0.3) is 5.91 Å². The zero-order valence-electron chi connectivity index (χ0n) is 13.4. The van der Waals surface area contributed by atoms with Gasteiger partial charge in [-0.25, -0.2) is 0 Å². The Morgan fingerprint density at radius 3 is 2.64 bits per heavy atom. The Kier molecular flexibility index (Phi) is 5.11. The maximum absolute atomic E-state index is 12.8. The molecule has 2 fully saturated rings. The Balaban J connectivity index is 1.71. The number of amides is 1. The molecule has 1 aromatic rings. The largest absolute Gasteiger partial charge is 0.381 e. The van der Waals surface area contributed by atoms with Crippen molar-refractivity contribution in [1.29, 1.82) is 0 Å². The Labute approximate surface area is 132 Å². The standard InChI is InChI=1S/C18H26N2O2/c1-20(17-7-11-22-12-8-17)18(21)16-4-2-3-15(13-16)14-5-9-19-10-6-14/h2-4,13-14,17,19H,5-12H2,1H3. The van der Waals surface area contributed by atoms with E-state index in [2.05, 4.69) is 17.4 Å². The third-order valence-electron chi connectivity index (χ3n) is 5.00. The summed E-state index contributed by atoms with van der Waals surface area (Å²) in [7, 11) is 1.93. The molecule has 0 unspecified atom stereocenters. The monoisotopic (exact) mass is 302 g/mol. The van der Waals surface area contributed by atoms with Crippen molar-refractivity contribution in [2.45, 2.75) is 37.6 Å². The van der Waals surface area contributed by atoms with Gasteiger partial charge in [0, 0.05) is 31.9 Å². The van der Waals surface area contributed by atoms with Crippen molar-refractivity contribution >= 4 is 5.91 Å². The molecule has 0 saturated carbocycles. The molecule has 4 nitrogen and oxygen atoms in total. The summed E-state index contributed by atoms with van der Waals surface area (Å²) >= 11 is 0. The molecule has 0 atom stereocenters. The smallest absolute Gasteiger partial charge is 0.253 e. The molecule has 0 aromatic heterocycles. The lowest BCUT2D eigenvalue weighted by Crippen LogP contribution is -2.40. The SMILES string of the molecule is CN(C(=O)c1cccc(C2CCNCC2)c1)C1CCOCC1. The fourth-order valence-corrected chi connectivity index (χ4v) is 3.52. The van der Waals surface area contributed by atoms with Gasteiger partial charge in [-0.05, 0) is 62.4 Å². The summed E-state index contributed by atoms with van der Waals surface area (Å²) < 4.78 is 5.39. The van der Waals surface area contributed by atoms with Gasteiger partial charge in [-0.3, -0.25) is 4.79 Å². The van der Waals surface area contributed by atoms with E-state index in [1.165, 1.54) is 5.56 Å². The van der Waals surface area contributed by atoms with Gasteiger partial charge >= 0.3 is 0 Å². The highest BCUT2D eigenvalue weighted by Crippen LogP contribution is 2.26. The second kappa shape index (κ2) is 7.25. The molecule has 2 saturated heterocycles. The predicted molar refractivity (Wildman–Crippen MR) is 87.2 cm³/mol. The Morgan fingerprint density at radius 2 is 1.91 bits per heavy atom. The third kappa shape index (κ3) is 3.50. The first-order valence-electron chi connectivity index (χ1n) is 8.41. The molecule has 0 spiro atoms. The van der Waals surface area contributed by atoms with Gasteiger partial charge in [-0.2, -0.15) is 0 Å². The molecule has 0 aliphatic carbocycles. The highest BCUT2D eigenvalue weighted by molar-refractivity contribution is 5.94. The van der Waals surface area contributed by atoms with Crippen molar-refractivity contribution in [3.63, 3.8) is 0 Å². The molecule has 120 valence electrons. The number of benzene rings is 1. The van der Waals surface area contributed by atoms with E-state index in [9.17, 15) is 4.79 Å². The molecule has 0 bridgehead atoms. The number of nitrogens with zero attached hydrogens (tertiary/aromatic N) is 1. The predicted octanol–water partition coefficient (Wildman–Crippen LogP) is 2.40. The van der Waals surface area contributed by atoms with Crippen LogP contribution in [0.15, 0.2) is 24.3 Å². The fourth-order valence-electron chi connectivity index (χ4n) is 3.52. The zero-order valence-corrected chi connectivity index (χ0v) is 13.4. The van der Waals surface area contributed by atoms with E-state index in [4.69, 9.17) is 4.74 Å². The minimum Gasteiger partial charge on any atom is -0.381 e. The molecule has 2 heterocycles. The van der Waals surface area contributed by atoms with Crippen LogP contribution in [-0.4, -0.2) is 50.2 Å². The lowest BCUT2D eigenvalue weighted by atomic mass is 9.89. The zero-order chi connectivity index (χ0) is 15.4. The maximum atomic E-state index is 12.8. The Hall–Kier alpha value is -1.39. The molecule has 2 aliphatic heterocycles. The summed E-state index contributed by atoms with van der Waals surface area (Å²) in [6, 6.07) is 8.56. The van der Waals surface area contributed by atoms with Crippen LogP contribution in [0.5, 0.6) is 0 Å². The van der Waals surface area contributed by atoms with Crippen LogP contribution in [0.4, 0.5) is 0 Å². The average Bonchev–Trinajstić information content (AvgIpc) is 2.62. The average molecular weight is 302 g/mol. The van der Waals surface area contributed by atoms with E-state index in [1.54, 1.807) is 0 Å². The Morgan fingerprint density at radius 1 is 1.18 bits per heavy atom. The lowest BCUT2D eigenvalue weighted by Gasteiger charge is -2.31. The molecule has 4 heteroatoms. The number of hydrogen-bond donors (Lipinski definition) is 1. The number of rotatable bonds is 3. The summed E-state index contributed by atoms with van der Waals surface area (Å²) in [6.07, 6.45) is 4.20. The highest BCUT2D eigenvalue weighted by atomic mass is 16.5. The Bertz CT molecular complexity index is 506. The number of nitrogens with one attached hydrogen (secondary N) is 1. The number of carbonyl (C=O) groups is 1. The van der Waals surface area contributed by atoms with Gasteiger partial charge in [0.05, 0.1) is 0 Å². The quantitative estimate of drug-likeness (QED) is 0.932. The van der Waals surface area contributed by atoms with Gasteiger partial charge in [0.1, 0.15) is 0 Å². The molecule has 22 heavy (non-hydrogen) atoms. The van der Waals surface area contributed by atoms with Crippen molar-refractivity contribution in [3.8, 4) is 0 Å². The minimum absolute atomic E-state index is 0.141. The normalized spacial score (nSPS) is 20.8. The van der Waals surface area contributed by atoms with E-state index in [1.807, 2.05) is 24.1 Å². The van der Waals surface area contributed by atoms with E-state index in [0.717, 1.165) is 57.6 Å². The molecule has 1 aromatic carbocycles. The number of carbonyl (C=O) groups excluding carboxylic acids is 1. The molecule has 1 N–H and O–H groups in total. The van der Waals surface area contributed by atoms with E-state index >= 15 is 0 Å². The second-order valence-corrected chi connectivity index (χ2v) is 6.41. The van der Waals surface area contributed by atoms with Crippen LogP contribution in [0.25, 0.3) is 0 Å². The van der Waals surface area contributed by atoms with Gasteiger partial charge in [0.2, 0.25) is 0 Å². The summed E-state index contributed by atoms with van der Waals surface area (Å²) in [5.74, 6) is 0.727. The minimum atomic E-state index is 0.141. The van der Waals surface area contributed by atoms with Crippen LogP contribution in [0.1, 0.15) is 47.5 Å². The first-order valence-corrected chi connectivity index (χ1v) is 8.41. The van der Waals surface area contributed by atoms with Crippen molar-refractivity contribution < 1.29 is 9.53 Å². The number of ether oxygens (including phenoxy) is 1. The van der Waals surface area contributed by atoms with E-state index in [-0.39, 0.29) is 5.91 Å². The summed E-state index contributed by atoms with van der Waals surface area (Å²) in [5, 5.41) is 3.40. The van der Waals surface area contributed by atoms with E-state index < -0.39 is 0 Å². The lowest BCUT2D eigenvalue weighted by molar-refractivity contribution is 0.0362. The maximum Gasteiger partial charge on any atom is 0.253 e. The van der Waals surface area contributed by atoms with Crippen LogP contribution in [0, 0.1) is 0 Å². The molecule has 2 aliphatic rings. The van der Waals surface area contributed by atoms with Crippen molar-refractivity contribution in [1.82, 2.24) is 10.2 Å². The molecule has 1 amide bonds. The van der Waals surface area contributed by atoms with Crippen LogP contribution in [0.3, 0.4) is 0 Å². The number of piperidine rings is 1. The topological polar surface area (TPSA) is 41.6 Å². The first kappa shape index (κ1) is 15.5. The molecular formula is C18H26N2O2. The van der Waals surface area contributed by atoms with Gasteiger partial charge in [0.15, 0.2) is 0 Å². The van der Waals surface area contributed by atoms with Crippen molar-refractivity contribution in [2.75, 3.05) is 33.4 Å². The third-order valence-corrected chi connectivity index (χ3v) is 5.00. The van der Waals surface area contributed by atoms with Crippen LogP contribution < -0.4 is 5.32 Å². The number of hydrogen-bond acceptors (Lipinski definition) is 3. The van der Waals surface area contributed by atoms with Crippen molar-refractivity contribution in [2.24, 2.45) is 0 Å². The van der Waals surface area contributed by atoms with Gasteiger partial charge < -0.3 is 15.0 Å². The van der Waals surface area contributed by atoms with Crippen molar-refractivity contribution in [3.05, 3.63) is 35.4 Å². The second-order valence-electron chi connectivity index (χ2n) is 6.41. The fraction of sp³-hybridized carbons (Fsp3) is 0.611. The highest BCUT2D eigenvalue weighted by Gasteiger charge is 2.24. The van der Waals surface area contributed by atoms with Crippen LogP contribution >= 0.6 is 0 Å². The molecular weight excluding hydrogens is 276 g/mol. The van der Waals surface area contributed by atoms with Gasteiger partial charge in [-0.1, -0.05) is 12.1 Å². The summed E-state index contributed by atoms with van der Waals surface area (Å²) in [5.41, 5.74) is 2.14. The first-order chi connectivity index (χ1) is 10.8. The summed E-state index contributed by atoms with van der Waals surface area (Å²) in [6.45, 7) is 3.67. The summed E-state index contributed by atoms with van der Waals surface area (Å²) in [4.78, 5) is 14.7. The van der Waals surface area contributed by atoms with Crippen LogP contribution in [0.2, 0.25) is 0 Å².